The first-order valence-corrected chi connectivity index (χ1v) is 8.39. The minimum atomic E-state index is 0. The quantitative estimate of drug-likeness (QED) is 0.886. The monoisotopic (exact) mass is 337 g/mol. The van der Waals surface area contributed by atoms with Gasteiger partial charge in [0.25, 0.3) is 0 Å². The van der Waals surface area contributed by atoms with Crippen molar-refractivity contribution in [3.8, 4) is 0 Å². The molecule has 0 spiro atoms. The van der Waals surface area contributed by atoms with Crippen molar-refractivity contribution in [3.05, 3.63) is 35.4 Å². The molecule has 0 saturated carbocycles. The second-order valence-electron chi connectivity index (χ2n) is 7.19. The van der Waals surface area contributed by atoms with E-state index in [2.05, 4.69) is 41.4 Å². The molecule has 1 amide bonds. The summed E-state index contributed by atoms with van der Waals surface area (Å²) in [5.41, 5.74) is 8.70. The number of nitrogens with one attached hydrogen (secondary N) is 1. The molecular weight excluding hydrogens is 310 g/mol. The van der Waals surface area contributed by atoms with Crippen LogP contribution in [0.25, 0.3) is 0 Å². The molecule has 2 unspecified atom stereocenters. The first kappa shape index (κ1) is 18.2. The van der Waals surface area contributed by atoms with E-state index in [1.165, 1.54) is 11.1 Å². The molecule has 1 aromatic carbocycles. The predicted octanol–water partition coefficient (Wildman–Crippen LogP) is 2.27. The molecular formula is C18H28ClN3O. The topological polar surface area (TPSA) is 58.4 Å². The lowest BCUT2D eigenvalue weighted by molar-refractivity contribution is -0.122. The van der Waals surface area contributed by atoms with Gasteiger partial charge in [0.05, 0.1) is 12.6 Å². The molecule has 2 aliphatic rings. The number of nitrogens with two attached hydrogens (primary N) is 1. The Hall–Kier alpha value is -1.10. The van der Waals surface area contributed by atoms with Crippen LogP contribution in [0.5, 0.6) is 0 Å². The van der Waals surface area contributed by atoms with Gasteiger partial charge in [0.2, 0.25) is 5.91 Å². The third-order valence-electron chi connectivity index (χ3n) is 5.20. The number of carbonyl (C=O) groups excluding carboxylic acids is 1. The highest BCUT2D eigenvalue weighted by atomic mass is 35.5. The lowest BCUT2D eigenvalue weighted by Gasteiger charge is -2.27. The summed E-state index contributed by atoms with van der Waals surface area (Å²) in [5.74, 6) is 0.142. The molecule has 3 rings (SSSR count). The normalized spacial score (nSPS) is 27.1. The molecule has 128 valence electrons. The van der Waals surface area contributed by atoms with Gasteiger partial charge in [-0.3, -0.25) is 9.69 Å². The van der Waals surface area contributed by atoms with Crippen molar-refractivity contribution in [2.45, 2.75) is 38.6 Å². The summed E-state index contributed by atoms with van der Waals surface area (Å²) in [4.78, 5) is 14.6. The van der Waals surface area contributed by atoms with E-state index in [0.29, 0.717) is 13.1 Å². The van der Waals surface area contributed by atoms with Gasteiger partial charge >= 0.3 is 0 Å². The van der Waals surface area contributed by atoms with Crippen molar-refractivity contribution < 1.29 is 4.79 Å². The Morgan fingerprint density at radius 3 is 2.96 bits per heavy atom. The second kappa shape index (κ2) is 7.65. The number of carbonyl (C=O) groups is 1. The van der Waals surface area contributed by atoms with Crippen molar-refractivity contribution in [3.63, 3.8) is 0 Å². The van der Waals surface area contributed by atoms with E-state index in [-0.39, 0.29) is 29.8 Å². The van der Waals surface area contributed by atoms with Gasteiger partial charge in [-0.25, -0.2) is 0 Å². The third-order valence-corrected chi connectivity index (χ3v) is 5.20. The van der Waals surface area contributed by atoms with Gasteiger partial charge < -0.3 is 11.1 Å². The molecule has 1 aromatic rings. The lowest BCUT2D eigenvalue weighted by atomic mass is 9.88. The standard InChI is InChI=1S/C18H27N3O.ClH/c1-18(12-19)9-10-21(13-18)11-17(22)20-16-8-4-6-14-5-2-3-7-15(14)16;/h2-3,5,7,16H,4,6,8-13,19H2,1H3,(H,20,22);1H. The second-order valence-corrected chi connectivity index (χ2v) is 7.19. The van der Waals surface area contributed by atoms with E-state index >= 15 is 0 Å². The average molecular weight is 338 g/mol. The van der Waals surface area contributed by atoms with Gasteiger partial charge in [-0.05, 0) is 55.3 Å². The Morgan fingerprint density at radius 2 is 2.22 bits per heavy atom. The molecule has 1 aliphatic carbocycles. The van der Waals surface area contributed by atoms with Gasteiger partial charge in [-0.1, -0.05) is 31.2 Å². The zero-order valence-corrected chi connectivity index (χ0v) is 14.7. The Kier molecular flexibility index (Phi) is 6.06. The number of rotatable bonds is 4. The Morgan fingerprint density at radius 1 is 1.43 bits per heavy atom. The molecule has 0 radical (unpaired) electrons. The fourth-order valence-corrected chi connectivity index (χ4v) is 3.77. The van der Waals surface area contributed by atoms with Crippen LogP contribution in [-0.2, 0) is 11.2 Å². The maximum atomic E-state index is 12.4. The maximum Gasteiger partial charge on any atom is 0.234 e. The first-order chi connectivity index (χ1) is 10.6. The van der Waals surface area contributed by atoms with Crippen molar-refractivity contribution in [2.75, 3.05) is 26.2 Å². The summed E-state index contributed by atoms with van der Waals surface area (Å²) in [6.45, 7) is 5.30. The fraction of sp³-hybridized carbons (Fsp3) is 0.611. The minimum absolute atomic E-state index is 0. The van der Waals surface area contributed by atoms with Crippen LogP contribution in [0.15, 0.2) is 24.3 Å². The van der Waals surface area contributed by atoms with Crippen LogP contribution in [0.4, 0.5) is 0 Å². The van der Waals surface area contributed by atoms with Gasteiger partial charge in [0, 0.05) is 6.54 Å². The zero-order chi connectivity index (χ0) is 15.6. The summed E-state index contributed by atoms with van der Waals surface area (Å²) in [7, 11) is 0. The fourth-order valence-electron chi connectivity index (χ4n) is 3.77. The molecule has 0 bridgehead atoms. The Labute approximate surface area is 145 Å². The number of nitrogens with zero attached hydrogens (tertiary/aromatic N) is 1. The minimum Gasteiger partial charge on any atom is -0.348 e. The van der Waals surface area contributed by atoms with Gasteiger partial charge in [-0.2, -0.15) is 0 Å². The summed E-state index contributed by atoms with van der Waals surface area (Å²) in [6.07, 6.45) is 4.41. The first-order valence-electron chi connectivity index (χ1n) is 8.39. The van der Waals surface area contributed by atoms with Gasteiger partial charge in [-0.15, -0.1) is 12.4 Å². The number of aryl methyl sites for hydroxylation is 1. The van der Waals surface area contributed by atoms with E-state index in [0.717, 1.165) is 38.8 Å². The predicted molar refractivity (Wildman–Crippen MR) is 95.7 cm³/mol. The number of halogens is 1. The van der Waals surface area contributed by atoms with E-state index in [1.54, 1.807) is 0 Å². The molecule has 2 atom stereocenters. The Bertz CT molecular complexity index is 551. The van der Waals surface area contributed by atoms with Crippen LogP contribution in [0.2, 0.25) is 0 Å². The van der Waals surface area contributed by atoms with Gasteiger partial charge in [0.15, 0.2) is 0 Å². The molecule has 5 heteroatoms. The van der Waals surface area contributed by atoms with E-state index in [9.17, 15) is 4.79 Å². The number of benzene rings is 1. The van der Waals surface area contributed by atoms with Crippen molar-refractivity contribution in [2.24, 2.45) is 11.1 Å². The molecule has 0 aromatic heterocycles. The number of amides is 1. The van der Waals surface area contributed by atoms with Crippen LogP contribution in [0.3, 0.4) is 0 Å². The van der Waals surface area contributed by atoms with E-state index in [1.807, 2.05) is 0 Å². The highest BCUT2D eigenvalue weighted by molar-refractivity contribution is 5.85. The summed E-state index contributed by atoms with van der Waals surface area (Å²) in [5, 5.41) is 3.24. The molecule has 1 fully saturated rings. The van der Waals surface area contributed by atoms with Crippen LogP contribution in [-0.4, -0.2) is 37.0 Å². The molecule has 4 nitrogen and oxygen atoms in total. The zero-order valence-electron chi connectivity index (χ0n) is 13.9. The van der Waals surface area contributed by atoms with Crippen LogP contribution in [0, 0.1) is 5.41 Å². The average Bonchev–Trinajstić information content (AvgIpc) is 2.89. The van der Waals surface area contributed by atoms with Crippen molar-refractivity contribution >= 4 is 18.3 Å². The van der Waals surface area contributed by atoms with Crippen molar-refractivity contribution in [1.82, 2.24) is 10.2 Å². The molecule has 1 heterocycles. The van der Waals surface area contributed by atoms with Crippen LogP contribution >= 0.6 is 12.4 Å². The molecule has 3 N–H and O–H groups in total. The number of hydrogen-bond donors (Lipinski definition) is 2. The SMILES string of the molecule is CC1(CN)CCN(CC(=O)NC2CCCc3ccccc32)C1.Cl. The number of likely N-dealkylation sites (tertiary alicyclic amines) is 1. The number of hydrogen-bond acceptors (Lipinski definition) is 3. The summed E-state index contributed by atoms with van der Waals surface area (Å²) >= 11 is 0. The number of fused-ring (bicyclic) bond motifs is 1. The van der Waals surface area contributed by atoms with E-state index < -0.39 is 0 Å². The maximum absolute atomic E-state index is 12.4. The van der Waals surface area contributed by atoms with Crippen LogP contribution < -0.4 is 11.1 Å². The van der Waals surface area contributed by atoms with Gasteiger partial charge in [0.1, 0.15) is 0 Å². The molecule has 1 saturated heterocycles. The largest absolute Gasteiger partial charge is 0.348 e. The van der Waals surface area contributed by atoms with Crippen molar-refractivity contribution in [1.29, 1.82) is 0 Å². The highest BCUT2D eigenvalue weighted by Gasteiger charge is 2.33. The Balaban J connectivity index is 0.00000192. The smallest absolute Gasteiger partial charge is 0.234 e. The third kappa shape index (κ3) is 4.25. The van der Waals surface area contributed by atoms with E-state index in [4.69, 9.17) is 5.73 Å². The lowest BCUT2D eigenvalue weighted by Crippen LogP contribution is -2.40. The van der Waals surface area contributed by atoms with Crippen LogP contribution in [0.1, 0.15) is 43.4 Å². The molecule has 23 heavy (non-hydrogen) atoms. The summed E-state index contributed by atoms with van der Waals surface area (Å²) < 4.78 is 0. The summed E-state index contributed by atoms with van der Waals surface area (Å²) in [6, 6.07) is 8.67. The highest BCUT2D eigenvalue weighted by Crippen LogP contribution is 2.30. The molecule has 1 aliphatic heterocycles.